The van der Waals surface area contributed by atoms with E-state index in [-0.39, 0.29) is 11.8 Å². The highest BCUT2D eigenvalue weighted by Gasteiger charge is 2.34. The van der Waals surface area contributed by atoms with E-state index in [1.54, 1.807) is 0 Å². The van der Waals surface area contributed by atoms with Crippen molar-refractivity contribution in [1.29, 1.82) is 0 Å². The van der Waals surface area contributed by atoms with Gasteiger partial charge in [0.1, 0.15) is 11.2 Å². The molecule has 2 atom stereocenters. The SMILES string of the molecule is CCCCCCCCCCCCCCCCCCC(CCC)C(C)(C)OOOC(=O)C(=O)OOOC(C)(C)C(CCC)CCCCCCCCCCCCCCCCCC. The van der Waals surface area contributed by atoms with Gasteiger partial charge < -0.3 is 0 Å². The largest absolute Gasteiger partial charge is 0.456 e. The Kier molecular flexibility index (Phi) is 40.9. The topological polar surface area (TPSA) is 89.5 Å². The summed E-state index contributed by atoms with van der Waals surface area (Å²) in [6.45, 7) is 16.6. The number of unbranched alkanes of at least 4 members (excludes halogenated alkanes) is 30. The van der Waals surface area contributed by atoms with E-state index in [1.165, 1.54) is 193 Å². The molecule has 0 aromatic carbocycles. The Hall–Kier alpha value is -1.22. The van der Waals surface area contributed by atoms with Crippen LogP contribution in [0.3, 0.4) is 0 Å². The molecular weight excluding hydrogens is 753 g/mol. The Morgan fingerprint density at radius 3 is 0.750 bits per heavy atom. The van der Waals surface area contributed by atoms with E-state index in [0.717, 1.165) is 51.4 Å². The third-order valence-electron chi connectivity index (χ3n) is 12.9. The minimum Gasteiger partial charge on any atom is -0.255 e. The fourth-order valence-corrected chi connectivity index (χ4v) is 8.73. The summed E-state index contributed by atoms with van der Waals surface area (Å²) in [5.74, 6) is -2.33. The Labute approximate surface area is 372 Å². The van der Waals surface area contributed by atoms with Crippen molar-refractivity contribution < 1.29 is 39.2 Å². The molecule has 0 aromatic rings. The van der Waals surface area contributed by atoms with Crippen molar-refractivity contribution in [3.63, 3.8) is 0 Å². The summed E-state index contributed by atoms with van der Waals surface area (Å²) < 4.78 is 0. The first-order valence-electron chi connectivity index (χ1n) is 26.2. The lowest BCUT2D eigenvalue weighted by atomic mass is 9.83. The van der Waals surface area contributed by atoms with Crippen LogP contribution in [-0.4, -0.2) is 23.1 Å². The summed E-state index contributed by atoms with van der Waals surface area (Å²) in [6.07, 6.45) is 49.0. The molecule has 0 aromatic heterocycles. The molecule has 0 fully saturated rings. The van der Waals surface area contributed by atoms with Gasteiger partial charge in [-0.3, -0.25) is 9.78 Å². The predicted molar refractivity (Wildman–Crippen MR) is 250 cm³/mol. The zero-order valence-corrected chi connectivity index (χ0v) is 41.3. The number of carbonyl (C=O) groups excluding carboxylic acids is 2. The van der Waals surface area contributed by atoms with Crippen molar-refractivity contribution in [2.75, 3.05) is 0 Å². The number of rotatable bonds is 46. The van der Waals surface area contributed by atoms with E-state index in [1.807, 2.05) is 27.7 Å². The monoisotopic (exact) mass is 855 g/mol. The van der Waals surface area contributed by atoms with E-state index in [0.29, 0.717) is 0 Å². The van der Waals surface area contributed by atoms with Crippen molar-refractivity contribution in [3.8, 4) is 0 Å². The lowest BCUT2D eigenvalue weighted by Gasteiger charge is -2.32. The number of carbonyl (C=O) groups is 2. The van der Waals surface area contributed by atoms with E-state index >= 15 is 0 Å². The van der Waals surface area contributed by atoms with Gasteiger partial charge in [-0.1, -0.05) is 246 Å². The molecule has 0 aliphatic carbocycles. The van der Waals surface area contributed by atoms with Gasteiger partial charge in [-0.25, -0.2) is 9.59 Å². The fraction of sp³-hybridized carbons (Fsp3) is 0.962. The first-order chi connectivity index (χ1) is 29.1. The lowest BCUT2D eigenvalue weighted by molar-refractivity contribution is -0.530. The molecule has 0 N–H and O–H groups in total. The molecule has 8 heteroatoms. The van der Waals surface area contributed by atoms with Crippen LogP contribution in [0.2, 0.25) is 0 Å². The van der Waals surface area contributed by atoms with Gasteiger partial charge in [-0.2, -0.15) is 9.78 Å². The zero-order valence-electron chi connectivity index (χ0n) is 41.3. The van der Waals surface area contributed by atoms with Crippen molar-refractivity contribution in [2.24, 2.45) is 11.8 Å². The molecule has 0 heterocycles. The summed E-state index contributed by atoms with van der Waals surface area (Å²) >= 11 is 0. The van der Waals surface area contributed by atoms with Crippen molar-refractivity contribution in [1.82, 2.24) is 0 Å². The highest BCUT2D eigenvalue weighted by molar-refractivity contribution is 6.29. The molecule has 0 aliphatic heterocycles. The Bertz CT molecular complexity index is 863. The maximum atomic E-state index is 12.3. The van der Waals surface area contributed by atoms with Crippen molar-refractivity contribution >= 4 is 11.9 Å². The molecule has 8 nitrogen and oxygen atoms in total. The molecule has 0 aliphatic rings. The highest BCUT2D eigenvalue weighted by Crippen LogP contribution is 2.32. The lowest BCUT2D eigenvalue weighted by Crippen LogP contribution is -2.36. The molecule has 0 saturated heterocycles. The third kappa shape index (κ3) is 35.3. The van der Waals surface area contributed by atoms with Gasteiger partial charge >= 0.3 is 11.9 Å². The predicted octanol–water partition coefficient (Wildman–Crippen LogP) is 17.5. The maximum absolute atomic E-state index is 12.3. The summed E-state index contributed by atoms with van der Waals surface area (Å²) in [7, 11) is 0. The standard InChI is InChI=1S/C52H102O8/c1-9-13-15-17-19-21-23-25-27-29-31-33-35-37-39-41-45-47(43-11-3)51(5,6)57-59-55-49(53)50(54)56-60-58-52(7,8)48(44-12-4)46-42-40-38-36-34-32-30-28-26-24-22-20-18-16-14-10-2/h47-48H,9-46H2,1-8H3. The van der Waals surface area contributed by atoms with E-state index in [4.69, 9.17) is 19.9 Å². The first-order valence-corrected chi connectivity index (χ1v) is 26.2. The fourth-order valence-electron chi connectivity index (χ4n) is 8.73. The quantitative estimate of drug-likeness (QED) is 0.0259. The molecule has 0 radical (unpaired) electrons. The van der Waals surface area contributed by atoms with Gasteiger partial charge in [0.25, 0.3) is 0 Å². The molecule has 358 valence electrons. The minimum atomic E-state index is -1.38. The van der Waals surface area contributed by atoms with Crippen LogP contribution in [0.4, 0.5) is 0 Å². The van der Waals surface area contributed by atoms with Crippen LogP contribution in [-0.2, 0) is 39.2 Å². The van der Waals surface area contributed by atoms with Gasteiger partial charge in [0, 0.05) is 0 Å². The van der Waals surface area contributed by atoms with Crippen molar-refractivity contribution in [3.05, 3.63) is 0 Å². The normalized spacial score (nSPS) is 13.1. The van der Waals surface area contributed by atoms with Crippen LogP contribution in [0.15, 0.2) is 0 Å². The van der Waals surface area contributed by atoms with Crippen LogP contribution >= 0.6 is 0 Å². The third-order valence-corrected chi connectivity index (χ3v) is 12.9. The summed E-state index contributed by atoms with van der Waals surface area (Å²) in [6, 6.07) is 0. The average molecular weight is 855 g/mol. The molecule has 0 amide bonds. The summed E-state index contributed by atoms with van der Waals surface area (Å²) in [4.78, 5) is 45.0. The van der Waals surface area contributed by atoms with E-state index in [2.05, 4.69) is 37.5 Å². The minimum absolute atomic E-state index is 0.217. The second kappa shape index (κ2) is 41.8. The second-order valence-corrected chi connectivity index (χ2v) is 19.4. The van der Waals surface area contributed by atoms with E-state index < -0.39 is 23.1 Å². The summed E-state index contributed by atoms with van der Waals surface area (Å²) in [5, 5.41) is 9.67. The van der Waals surface area contributed by atoms with Crippen molar-refractivity contribution in [2.45, 2.75) is 311 Å². The van der Waals surface area contributed by atoms with Crippen LogP contribution in [0.25, 0.3) is 0 Å². The number of hydrogen-bond donors (Lipinski definition) is 0. The summed E-state index contributed by atoms with van der Waals surface area (Å²) in [5.41, 5.74) is -1.42. The van der Waals surface area contributed by atoms with Gasteiger partial charge in [-0.05, 0) is 75.3 Å². The smallest absolute Gasteiger partial charge is 0.255 e. The molecule has 0 rings (SSSR count). The zero-order chi connectivity index (χ0) is 44.4. The second-order valence-electron chi connectivity index (χ2n) is 19.4. The Morgan fingerprint density at radius 1 is 0.317 bits per heavy atom. The average Bonchev–Trinajstić information content (AvgIpc) is 3.22. The van der Waals surface area contributed by atoms with Gasteiger partial charge in [-0.15, -0.1) is 0 Å². The van der Waals surface area contributed by atoms with Crippen LogP contribution in [0.5, 0.6) is 0 Å². The molecular formula is C52H102O8. The molecule has 0 bridgehead atoms. The highest BCUT2D eigenvalue weighted by atomic mass is 17.5. The van der Waals surface area contributed by atoms with Gasteiger partial charge in [0.15, 0.2) is 0 Å². The van der Waals surface area contributed by atoms with Crippen LogP contribution in [0.1, 0.15) is 299 Å². The first kappa shape index (κ1) is 58.8. The molecule has 0 saturated carbocycles. The number of hydrogen-bond acceptors (Lipinski definition) is 8. The molecule has 60 heavy (non-hydrogen) atoms. The molecule has 0 spiro atoms. The maximum Gasteiger partial charge on any atom is 0.456 e. The van der Waals surface area contributed by atoms with E-state index in [9.17, 15) is 9.59 Å². The van der Waals surface area contributed by atoms with Gasteiger partial charge in [0.05, 0.1) is 0 Å². The van der Waals surface area contributed by atoms with Crippen LogP contribution < -0.4 is 0 Å². The molecule has 2 unspecified atom stereocenters. The Balaban J connectivity index is 4.17. The Morgan fingerprint density at radius 2 is 0.533 bits per heavy atom. The van der Waals surface area contributed by atoms with Gasteiger partial charge in [0.2, 0.25) is 0 Å². The van der Waals surface area contributed by atoms with Crippen LogP contribution in [0, 0.1) is 11.8 Å².